The van der Waals surface area contributed by atoms with Crippen LogP contribution in [0.1, 0.15) is 54.6 Å². The number of carbonyl (C=O) groups is 2. The quantitative estimate of drug-likeness (QED) is 0.385. The van der Waals surface area contributed by atoms with Crippen molar-refractivity contribution in [3.05, 3.63) is 48.2 Å². The molecule has 37 heavy (non-hydrogen) atoms. The fourth-order valence-corrected chi connectivity index (χ4v) is 6.00. The Balaban J connectivity index is 1.40. The molecule has 2 bridgehead atoms. The molecular formula is C26H28N8O3. The number of amides is 1. The molecule has 6 heterocycles. The van der Waals surface area contributed by atoms with Gasteiger partial charge in [-0.3, -0.25) is 14.6 Å². The Morgan fingerprint density at radius 3 is 2.57 bits per heavy atom. The SMILES string of the molecule is COCC(=O)N1[C@@H]2CC[C@H]1CC(c1nc3c(-c4ccc(-c5ncc[nH]5)nc4)cnn3c(N)c1C(C)=O)C2. The molecule has 2 aliphatic heterocycles. The molecule has 0 radical (unpaired) electrons. The van der Waals surface area contributed by atoms with Crippen LogP contribution in [0.15, 0.2) is 36.9 Å². The molecule has 0 spiro atoms. The highest BCUT2D eigenvalue weighted by molar-refractivity contribution is 6.00. The predicted molar refractivity (Wildman–Crippen MR) is 136 cm³/mol. The maximum absolute atomic E-state index is 12.8. The van der Waals surface area contributed by atoms with Gasteiger partial charge in [-0.25, -0.2) is 9.97 Å². The van der Waals surface area contributed by atoms with Crippen molar-refractivity contribution in [2.24, 2.45) is 0 Å². The van der Waals surface area contributed by atoms with Crippen molar-refractivity contribution >= 4 is 23.2 Å². The van der Waals surface area contributed by atoms with E-state index in [1.54, 1.807) is 24.8 Å². The molecule has 4 aromatic rings. The van der Waals surface area contributed by atoms with Crippen molar-refractivity contribution in [2.45, 2.75) is 50.6 Å². The van der Waals surface area contributed by atoms with Crippen LogP contribution in [0.25, 0.3) is 28.3 Å². The highest BCUT2D eigenvalue weighted by atomic mass is 16.5. The Hall–Kier alpha value is -4.12. The topological polar surface area (TPSA) is 144 Å². The summed E-state index contributed by atoms with van der Waals surface area (Å²) in [6.07, 6.45) is 10.2. The van der Waals surface area contributed by atoms with E-state index >= 15 is 0 Å². The third-order valence-electron chi connectivity index (χ3n) is 7.55. The highest BCUT2D eigenvalue weighted by Gasteiger charge is 2.44. The number of nitrogens with zero attached hydrogens (tertiary/aromatic N) is 6. The van der Waals surface area contributed by atoms with Gasteiger partial charge in [-0.2, -0.15) is 9.61 Å². The smallest absolute Gasteiger partial charge is 0.249 e. The van der Waals surface area contributed by atoms with Crippen LogP contribution >= 0.6 is 0 Å². The first-order chi connectivity index (χ1) is 18.0. The number of nitrogen functional groups attached to an aromatic ring is 1. The molecule has 11 nitrogen and oxygen atoms in total. The standard InChI is InChI=1S/C26H28N8O3/c1-14(35)22-23(16-9-17-4-5-18(10-16)33(17)21(36)13-37-2)32-26-19(12-31-34(26)24(22)27)15-3-6-20(30-11-15)25-28-7-8-29-25/h3,6-8,11-12,16-18H,4-5,9-10,13,27H2,1-2H3,(H,28,29)/t16?,17-,18+. The average Bonchev–Trinajstić information content (AvgIpc) is 3.62. The summed E-state index contributed by atoms with van der Waals surface area (Å²) in [5, 5.41) is 4.46. The van der Waals surface area contributed by atoms with Crippen molar-refractivity contribution in [1.29, 1.82) is 0 Å². The molecule has 2 saturated heterocycles. The number of hydrogen-bond acceptors (Lipinski definition) is 8. The Bertz CT molecular complexity index is 1460. The fraction of sp³-hybridized carbons (Fsp3) is 0.385. The Morgan fingerprint density at radius 2 is 1.95 bits per heavy atom. The Morgan fingerprint density at radius 1 is 1.16 bits per heavy atom. The summed E-state index contributed by atoms with van der Waals surface area (Å²) in [5.74, 6) is 0.856. The number of carbonyl (C=O) groups excluding carboxylic acids is 2. The molecule has 11 heteroatoms. The normalized spacial score (nSPS) is 21.0. The Labute approximate surface area is 213 Å². The number of anilines is 1. The lowest BCUT2D eigenvalue weighted by Crippen LogP contribution is -2.47. The molecule has 0 saturated carbocycles. The number of Topliss-reactive ketones (excluding diaryl/α,β-unsaturated/α-hetero) is 1. The molecule has 3 N–H and O–H groups in total. The molecule has 1 unspecified atom stereocenters. The maximum Gasteiger partial charge on any atom is 0.249 e. The van der Waals surface area contributed by atoms with Gasteiger partial charge in [0.2, 0.25) is 5.91 Å². The number of rotatable bonds is 6. The number of imidazole rings is 1. The van der Waals surface area contributed by atoms with Gasteiger partial charge in [-0.05, 0) is 38.7 Å². The molecule has 4 aromatic heterocycles. The van der Waals surface area contributed by atoms with Gasteiger partial charge in [0.25, 0.3) is 0 Å². The summed E-state index contributed by atoms with van der Waals surface area (Å²) >= 11 is 0. The minimum absolute atomic E-state index is 0.0116. The van der Waals surface area contributed by atoms with Gasteiger partial charge in [0.05, 0.1) is 17.5 Å². The average molecular weight is 501 g/mol. The lowest BCUT2D eigenvalue weighted by molar-refractivity contribution is -0.139. The molecular weight excluding hydrogens is 472 g/mol. The number of nitrogens with two attached hydrogens (primary N) is 1. The van der Waals surface area contributed by atoms with E-state index in [0.717, 1.165) is 42.5 Å². The van der Waals surface area contributed by atoms with Crippen LogP contribution in [0.5, 0.6) is 0 Å². The maximum atomic E-state index is 12.8. The fourth-order valence-electron chi connectivity index (χ4n) is 6.00. The van der Waals surface area contributed by atoms with Gasteiger partial charge in [0.15, 0.2) is 17.3 Å². The lowest BCUT2D eigenvalue weighted by atomic mass is 9.85. The van der Waals surface area contributed by atoms with Gasteiger partial charge < -0.3 is 20.4 Å². The van der Waals surface area contributed by atoms with Crippen LogP contribution in [0, 0.1) is 0 Å². The van der Waals surface area contributed by atoms with E-state index in [2.05, 4.69) is 20.1 Å². The molecule has 6 rings (SSSR count). The van der Waals surface area contributed by atoms with Gasteiger partial charge >= 0.3 is 0 Å². The van der Waals surface area contributed by atoms with Crippen LogP contribution in [-0.4, -0.2) is 71.9 Å². The van der Waals surface area contributed by atoms with Crippen LogP contribution in [0.3, 0.4) is 0 Å². The number of aromatic amines is 1. The van der Waals surface area contributed by atoms with Gasteiger partial charge in [-0.15, -0.1) is 0 Å². The zero-order chi connectivity index (χ0) is 25.7. The second kappa shape index (κ2) is 9.07. The minimum atomic E-state index is -0.145. The van der Waals surface area contributed by atoms with Crippen LogP contribution in [0.2, 0.25) is 0 Å². The zero-order valence-electron chi connectivity index (χ0n) is 20.7. The first kappa shape index (κ1) is 23.3. The van der Waals surface area contributed by atoms with Crippen molar-refractivity contribution in [3.63, 3.8) is 0 Å². The second-order valence-corrected chi connectivity index (χ2v) is 9.76. The summed E-state index contributed by atoms with van der Waals surface area (Å²) in [4.78, 5) is 44.3. The first-order valence-corrected chi connectivity index (χ1v) is 12.4. The third kappa shape index (κ3) is 3.86. The predicted octanol–water partition coefficient (Wildman–Crippen LogP) is 2.85. The minimum Gasteiger partial charge on any atom is -0.383 e. The molecule has 1 amide bonds. The van der Waals surface area contributed by atoms with E-state index in [1.165, 1.54) is 18.5 Å². The molecule has 3 atom stereocenters. The largest absolute Gasteiger partial charge is 0.383 e. The van der Waals surface area contributed by atoms with Crippen molar-refractivity contribution in [1.82, 2.24) is 34.4 Å². The van der Waals surface area contributed by atoms with E-state index in [0.29, 0.717) is 22.7 Å². The van der Waals surface area contributed by atoms with E-state index < -0.39 is 0 Å². The molecule has 2 fully saturated rings. The van der Waals surface area contributed by atoms with Gasteiger partial charge in [-0.1, -0.05) is 6.07 Å². The monoisotopic (exact) mass is 500 g/mol. The summed E-state index contributed by atoms with van der Waals surface area (Å²) in [6, 6.07) is 4.04. The summed E-state index contributed by atoms with van der Waals surface area (Å²) in [6.45, 7) is 1.59. The van der Waals surface area contributed by atoms with E-state index in [1.807, 2.05) is 17.0 Å². The first-order valence-electron chi connectivity index (χ1n) is 12.4. The van der Waals surface area contributed by atoms with Crippen molar-refractivity contribution < 1.29 is 14.3 Å². The number of ether oxygens (including phenoxy) is 1. The number of aromatic nitrogens is 6. The third-order valence-corrected chi connectivity index (χ3v) is 7.55. The highest BCUT2D eigenvalue weighted by Crippen LogP contribution is 2.44. The van der Waals surface area contributed by atoms with Crippen LogP contribution in [0.4, 0.5) is 5.82 Å². The number of methoxy groups -OCH3 is 1. The van der Waals surface area contributed by atoms with Crippen molar-refractivity contribution in [3.8, 4) is 22.6 Å². The summed E-state index contributed by atoms with van der Waals surface area (Å²) in [5.41, 5.74) is 10.6. The van der Waals surface area contributed by atoms with Crippen LogP contribution < -0.4 is 5.73 Å². The number of ketones is 1. The summed E-state index contributed by atoms with van der Waals surface area (Å²) in [7, 11) is 1.54. The number of pyridine rings is 1. The van der Waals surface area contributed by atoms with Gasteiger partial charge in [0.1, 0.15) is 18.1 Å². The van der Waals surface area contributed by atoms with Gasteiger partial charge in [0, 0.05) is 54.8 Å². The number of nitrogens with one attached hydrogen (secondary N) is 1. The number of hydrogen-bond donors (Lipinski definition) is 2. The van der Waals surface area contributed by atoms with E-state index in [-0.39, 0.29) is 42.1 Å². The molecule has 2 aliphatic rings. The number of fused-ring (bicyclic) bond motifs is 3. The lowest BCUT2D eigenvalue weighted by Gasteiger charge is -2.39. The van der Waals surface area contributed by atoms with E-state index in [9.17, 15) is 9.59 Å². The molecule has 190 valence electrons. The second-order valence-electron chi connectivity index (χ2n) is 9.76. The van der Waals surface area contributed by atoms with Crippen molar-refractivity contribution in [2.75, 3.05) is 19.5 Å². The number of H-pyrrole nitrogens is 1. The molecule has 0 aliphatic carbocycles. The van der Waals surface area contributed by atoms with E-state index in [4.69, 9.17) is 15.5 Å². The summed E-state index contributed by atoms with van der Waals surface area (Å²) < 4.78 is 6.63. The molecule has 0 aromatic carbocycles. The zero-order valence-corrected chi connectivity index (χ0v) is 20.7. The Kier molecular flexibility index (Phi) is 5.71. The van der Waals surface area contributed by atoms with Crippen LogP contribution in [-0.2, 0) is 9.53 Å². The number of piperidine rings is 1.